The van der Waals surface area contributed by atoms with E-state index in [4.69, 9.17) is 21.1 Å². The van der Waals surface area contributed by atoms with E-state index in [1.54, 1.807) is 24.3 Å². The molecule has 2 N–H and O–H groups in total. The number of ether oxygens (including phenoxy) is 2. The summed E-state index contributed by atoms with van der Waals surface area (Å²) in [5, 5.41) is 15.7. The normalized spacial score (nSPS) is 15.8. The van der Waals surface area contributed by atoms with Gasteiger partial charge < -0.3 is 20.1 Å². The Kier molecular flexibility index (Phi) is 6.17. The number of rotatable bonds is 6. The first kappa shape index (κ1) is 21.1. The molecule has 0 spiro atoms. The molecule has 0 saturated heterocycles. The Bertz CT molecular complexity index is 1030. The van der Waals surface area contributed by atoms with Gasteiger partial charge in [0.2, 0.25) is 0 Å². The van der Waals surface area contributed by atoms with Crippen LogP contribution in [0.4, 0.5) is 17.1 Å². The molecule has 0 radical (unpaired) electrons. The molecule has 2 amide bonds. The molecule has 2 atom stereocenters. The summed E-state index contributed by atoms with van der Waals surface area (Å²) >= 11 is 5.93. The van der Waals surface area contributed by atoms with E-state index < -0.39 is 41.3 Å². The van der Waals surface area contributed by atoms with Crippen molar-refractivity contribution in [2.24, 2.45) is 0 Å². The Labute approximate surface area is 175 Å². The fraction of sp³-hybridized carbons (Fsp3) is 0.211. The van der Waals surface area contributed by atoms with Gasteiger partial charge in [-0.25, -0.2) is 0 Å². The zero-order valence-electron chi connectivity index (χ0n) is 15.6. The first-order chi connectivity index (χ1) is 14.2. The minimum Gasteiger partial charge on any atom is -0.478 e. The second-order valence-corrected chi connectivity index (χ2v) is 6.75. The van der Waals surface area contributed by atoms with Crippen LogP contribution < -0.4 is 15.4 Å². The standard InChI is InChI=1S/C19H16ClN3O7/c1-10(18(25)21-13-7-6-11(23(27)28)8-12(13)20)29-17(24)9-16-19(26)22-14-4-2-3-5-15(14)30-16/h2-8,10,16H,9H2,1H3,(H,21,25)(H,22,26)/t10-,16+/m0/s1. The second-order valence-electron chi connectivity index (χ2n) is 6.34. The highest BCUT2D eigenvalue weighted by Crippen LogP contribution is 2.30. The number of hydrogen-bond acceptors (Lipinski definition) is 7. The van der Waals surface area contributed by atoms with E-state index in [0.717, 1.165) is 6.07 Å². The third kappa shape index (κ3) is 4.84. The lowest BCUT2D eigenvalue weighted by Gasteiger charge is -2.25. The van der Waals surface area contributed by atoms with Gasteiger partial charge in [0.25, 0.3) is 17.5 Å². The van der Waals surface area contributed by atoms with Gasteiger partial charge in [0.1, 0.15) is 5.75 Å². The molecule has 1 heterocycles. The van der Waals surface area contributed by atoms with Gasteiger partial charge in [-0.05, 0) is 25.1 Å². The summed E-state index contributed by atoms with van der Waals surface area (Å²) in [5.41, 5.74) is 0.395. The van der Waals surface area contributed by atoms with Crippen molar-refractivity contribution in [3.63, 3.8) is 0 Å². The number of nitrogens with one attached hydrogen (secondary N) is 2. The van der Waals surface area contributed by atoms with Crippen molar-refractivity contribution in [2.75, 3.05) is 10.6 Å². The van der Waals surface area contributed by atoms with Crippen LogP contribution in [-0.2, 0) is 19.1 Å². The molecule has 30 heavy (non-hydrogen) atoms. The number of halogens is 1. The minimum absolute atomic E-state index is 0.0398. The Hall–Kier alpha value is -3.66. The molecule has 0 saturated carbocycles. The van der Waals surface area contributed by atoms with Crippen molar-refractivity contribution < 1.29 is 28.8 Å². The Morgan fingerprint density at radius 2 is 2.07 bits per heavy atom. The van der Waals surface area contributed by atoms with Crippen LogP contribution in [0, 0.1) is 10.1 Å². The molecular formula is C19H16ClN3O7. The number of benzene rings is 2. The summed E-state index contributed by atoms with van der Waals surface area (Å²) in [6, 6.07) is 10.3. The van der Waals surface area contributed by atoms with Crippen LogP contribution in [-0.4, -0.2) is 34.9 Å². The number of carbonyl (C=O) groups is 3. The van der Waals surface area contributed by atoms with Gasteiger partial charge in [-0.15, -0.1) is 0 Å². The molecule has 10 nitrogen and oxygen atoms in total. The van der Waals surface area contributed by atoms with Gasteiger partial charge in [0.05, 0.1) is 27.7 Å². The van der Waals surface area contributed by atoms with Crippen molar-refractivity contribution in [1.82, 2.24) is 0 Å². The number of hydrogen-bond donors (Lipinski definition) is 2. The van der Waals surface area contributed by atoms with Crippen LogP contribution >= 0.6 is 11.6 Å². The minimum atomic E-state index is -1.21. The molecule has 156 valence electrons. The zero-order chi connectivity index (χ0) is 21.8. The Morgan fingerprint density at radius 1 is 1.33 bits per heavy atom. The Balaban J connectivity index is 1.56. The van der Waals surface area contributed by atoms with Crippen LogP contribution in [0.2, 0.25) is 5.02 Å². The van der Waals surface area contributed by atoms with Gasteiger partial charge >= 0.3 is 5.97 Å². The van der Waals surface area contributed by atoms with Crippen molar-refractivity contribution in [3.05, 3.63) is 57.6 Å². The number of nitro benzene ring substituents is 1. The largest absolute Gasteiger partial charge is 0.478 e. The number of nitrogens with zero attached hydrogens (tertiary/aromatic N) is 1. The molecule has 0 bridgehead atoms. The lowest BCUT2D eigenvalue weighted by Crippen LogP contribution is -2.40. The summed E-state index contributed by atoms with van der Waals surface area (Å²) in [6.07, 6.45) is -2.69. The lowest BCUT2D eigenvalue weighted by atomic mass is 10.1. The van der Waals surface area contributed by atoms with Crippen molar-refractivity contribution in [2.45, 2.75) is 25.6 Å². The van der Waals surface area contributed by atoms with E-state index in [9.17, 15) is 24.5 Å². The average Bonchev–Trinajstić information content (AvgIpc) is 2.69. The van der Waals surface area contributed by atoms with Crippen molar-refractivity contribution in [1.29, 1.82) is 0 Å². The monoisotopic (exact) mass is 433 g/mol. The quantitative estimate of drug-likeness (QED) is 0.406. The summed E-state index contributed by atoms with van der Waals surface area (Å²) in [4.78, 5) is 46.6. The van der Waals surface area contributed by atoms with E-state index in [2.05, 4.69) is 10.6 Å². The summed E-state index contributed by atoms with van der Waals surface area (Å²) < 4.78 is 10.6. The van der Waals surface area contributed by atoms with E-state index in [-0.39, 0.29) is 16.4 Å². The molecule has 0 fully saturated rings. The molecule has 1 aliphatic heterocycles. The van der Waals surface area contributed by atoms with Crippen LogP contribution in [0.1, 0.15) is 13.3 Å². The first-order valence-electron chi connectivity index (χ1n) is 8.75. The molecule has 2 aromatic carbocycles. The van der Waals surface area contributed by atoms with E-state index in [1.807, 2.05) is 0 Å². The highest BCUT2D eigenvalue weighted by molar-refractivity contribution is 6.34. The maximum Gasteiger partial charge on any atom is 0.310 e. The predicted octanol–water partition coefficient (Wildman–Crippen LogP) is 2.91. The lowest BCUT2D eigenvalue weighted by molar-refractivity contribution is -0.384. The molecule has 2 aromatic rings. The number of amides is 2. The summed E-state index contributed by atoms with van der Waals surface area (Å²) in [5.74, 6) is -1.58. The third-order valence-electron chi connectivity index (χ3n) is 4.16. The number of fused-ring (bicyclic) bond motifs is 1. The number of anilines is 2. The topological polar surface area (TPSA) is 137 Å². The molecule has 0 unspecified atom stereocenters. The van der Waals surface area contributed by atoms with Crippen LogP contribution in [0.3, 0.4) is 0 Å². The van der Waals surface area contributed by atoms with E-state index >= 15 is 0 Å². The smallest absolute Gasteiger partial charge is 0.310 e. The second kappa shape index (κ2) is 8.78. The van der Waals surface area contributed by atoms with Crippen molar-refractivity contribution >= 4 is 46.4 Å². The first-order valence-corrected chi connectivity index (χ1v) is 9.13. The third-order valence-corrected chi connectivity index (χ3v) is 4.47. The molecule has 3 rings (SSSR count). The summed E-state index contributed by atoms with van der Waals surface area (Å²) in [6.45, 7) is 1.34. The van der Waals surface area contributed by atoms with Gasteiger partial charge in [0, 0.05) is 12.1 Å². The van der Waals surface area contributed by atoms with Crippen molar-refractivity contribution in [3.8, 4) is 5.75 Å². The van der Waals surface area contributed by atoms with Gasteiger partial charge in [0.15, 0.2) is 12.2 Å². The highest BCUT2D eigenvalue weighted by Gasteiger charge is 2.31. The molecule has 11 heteroatoms. The Morgan fingerprint density at radius 3 is 2.77 bits per heavy atom. The fourth-order valence-electron chi connectivity index (χ4n) is 2.63. The van der Waals surface area contributed by atoms with Crippen LogP contribution in [0.5, 0.6) is 5.75 Å². The highest BCUT2D eigenvalue weighted by atomic mass is 35.5. The zero-order valence-corrected chi connectivity index (χ0v) is 16.3. The number of para-hydroxylation sites is 2. The summed E-state index contributed by atoms with van der Waals surface area (Å²) in [7, 11) is 0. The number of carbonyl (C=O) groups excluding carboxylic acids is 3. The van der Waals surface area contributed by atoms with Gasteiger partial charge in [-0.3, -0.25) is 24.5 Å². The van der Waals surface area contributed by atoms with E-state index in [0.29, 0.717) is 11.4 Å². The average molecular weight is 434 g/mol. The van der Waals surface area contributed by atoms with Gasteiger partial charge in [-0.1, -0.05) is 23.7 Å². The number of non-ortho nitro benzene ring substituents is 1. The molecule has 0 aromatic heterocycles. The molecule has 1 aliphatic rings. The van der Waals surface area contributed by atoms with Crippen LogP contribution in [0.25, 0.3) is 0 Å². The van der Waals surface area contributed by atoms with Crippen LogP contribution in [0.15, 0.2) is 42.5 Å². The SMILES string of the molecule is C[C@H](OC(=O)C[C@H]1Oc2ccccc2NC1=O)C(=O)Nc1ccc([N+](=O)[O-])cc1Cl. The number of esters is 1. The molecular weight excluding hydrogens is 418 g/mol. The maximum atomic E-state index is 12.2. The predicted molar refractivity (Wildman–Crippen MR) is 106 cm³/mol. The van der Waals surface area contributed by atoms with E-state index in [1.165, 1.54) is 19.1 Å². The maximum absolute atomic E-state index is 12.2. The van der Waals surface area contributed by atoms with Gasteiger partial charge in [-0.2, -0.15) is 0 Å². The fourth-order valence-corrected chi connectivity index (χ4v) is 2.85. The molecule has 0 aliphatic carbocycles. The number of nitro groups is 1.